The van der Waals surface area contributed by atoms with E-state index in [0.29, 0.717) is 0 Å². The molecule has 0 N–H and O–H groups in total. The normalized spacial score (nSPS) is 8.80. The summed E-state index contributed by atoms with van der Waals surface area (Å²) in [5.41, 5.74) is 0.951. The lowest BCUT2D eigenvalue weighted by atomic mass is 10.2. The van der Waals surface area contributed by atoms with Crippen molar-refractivity contribution in [2.45, 2.75) is 4.90 Å². The monoisotopic (exact) mass is 148 g/mol. The maximum Gasteiger partial charge on any atom is 0.0253 e. The Bertz CT molecular complexity index is 258. The first-order chi connectivity index (χ1) is 4.86. The maximum atomic E-state index is 5.21. The molecule has 0 unspecified atom stereocenters. The molecule has 1 aromatic carbocycles. The fourth-order valence-corrected chi connectivity index (χ4v) is 1.17. The average Bonchev–Trinajstić information content (AvgIpc) is 2.05. The van der Waals surface area contributed by atoms with Gasteiger partial charge in [0.25, 0.3) is 0 Å². The molecule has 0 bridgehead atoms. The van der Waals surface area contributed by atoms with Crippen LogP contribution in [0, 0.1) is 12.3 Å². The van der Waals surface area contributed by atoms with Gasteiger partial charge in [-0.3, -0.25) is 0 Å². The Hall–Kier alpha value is -0.870. The van der Waals surface area contributed by atoms with Gasteiger partial charge in [-0.05, 0) is 24.5 Å². The Labute approximate surface area is 65.6 Å². The molecule has 0 nitrogen and oxygen atoms in total. The van der Waals surface area contributed by atoms with Crippen LogP contribution in [0.25, 0.3) is 0 Å². The van der Waals surface area contributed by atoms with Gasteiger partial charge in [0.2, 0.25) is 0 Å². The van der Waals surface area contributed by atoms with Gasteiger partial charge in [0, 0.05) is 10.5 Å². The van der Waals surface area contributed by atoms with Gasteiger partial charge in [-0.15, -0.1) is 18.2 Å². The van der Waals surface area contributed by atoms with Gasteiger partial charge in [0.15, 0.2) is 0 Å². The van der Waals surface area contributed by atoms with E-state index in [4.69, 9.17) is 6.42 Å². The number of thioether (sulfide) groups is 1. The van der Waals surface area contributed by atoms with Crippen molar-refractivity contribution < 1.29 is 0 Å². The summed E-state index contributed by atoms with van der Waals surface area (Å²) in [5, 5.41) is 0. The van der Waals surface area contributed by atoms with Crippen LogP contribution in [0.2, 0.25) is 0 Å². The summed E-state index contributed by atoms with van der Waals surface area (Å²) in [7, 11) is 0. The first-order valence-corrected chi connectivity index (χ1v) is 4.20. The summed E-state index contributed by atoms with van der Waals surface area (Å²) >= 11 is 1.70. The summed E-state index contributed by atoms with van der Waals surface area (Å²) < 4.78 is 0. The van der Waals surface area contributed by atoms with Gasteiger partial charge in [-0.25, -0.2) is 0 Å². The molecule has 0 saturated carbocycles. The van der Waals surface area contributed by atoms with Crippen molar-refractivity contribution in [2.75, 3.05) is 6.26 Å². The minimum absolute atomic E-state index is 0.951. The van der Waals surface area contributed by atoms with Crippen LogP contribution >= 0.6 is 11.8 Å². The molecular weight excluding hydrogens is 140 g/mol. The minimum atomic E-state index is 0.951. The zero-order valence-corrected chi connectivity index (χ0v) is 6.61. The largest absolute Gasteiger partial charge is 0.130 e. The third-order valence-corrected chi connectivity index (χ3v) is 1.96. The van der Waals surface area contributed by atoms with Crippen molar-refractivity contribution in [3.8, 4) is 12.3 Å². The van der Waals surface area contributed by atoms with Crippen molar-refractivity contribution in [1.29, 1.82) is 0 Å². The lowest BCUT2D eigenvalue weighted by Crippen LogP contribution is -1.73. The van der Waals surface area contributed by atoms with Crippen LogP contribution < -0.4 is 0 Å². The van der Waals surface area contributed by atoms with Crippen LogP contribution in [0.3, 0.4) is 0 Å². The molecule has 0 fully saturated rings. The first kappa shape index (κ1) is 7.24. The number of benzene rings is 1. The van der Waals surface area contributed by atoms with E-state index in [1.807, 2.05) is 30.5 Å². The third-order valence-electron chi connectivity index (χ3n) is 1.24. The molecule has 0 amide bonds. The van der Waals surface area contributed by atoms with Crippen LogP contribution in [0.5, 0.6) is 0 Å². The van der Waals surface area contributed by atoms with E-state index in [0.717, 1.165) is 5.56 Å². The summed E-state index contributed by atoms with van der Waals surface area (Å²) in [6, 6.07) is 7.96. The molecule has 1 rings (SSSR count). The first-order valence-electron chi connectivity index (χ1n) is 2.97. The van der Waals surface area contributed by atoms with Gasteiger partial charge >= 0.3 is 0 Å². The molecule has 1 heteroatoms. The van der Waals surface area contributed by atoms with Gasteiger partial charge in [-0.2, -0.15) is 0 Å². The fourth-order valence-electron chi connectivity index (χ4n) is 0.713. The predicted molar refractivity (Wildman–Crippen MR) is 46.2 cm³/mol. The van der Waals surface area contributed by atoms with Crippen LogP contribution in [0.4, 0.5) is 0 Å². The second-order valence-corrected chi connectivity index (χ2v) is 2.76. The molecule has 0 saturated heterocycles. The Morgan fingerprint density at radius 3 is 2.90 bits per heavy atom. The molecule has 0 heterocycles. The van der Waals surface area contributed by atoms with E-state index in [1.54, 1.807) is 11.8 Å². The summed E-state index contributed by atoms with van der Waals surface area (Å²) in [4.78, 5) is 1.22. The topological polar surface area (TPSA) is 0 Å². The van der Waals surface area contributed by atoms with Gasteiger partial charge in [-0.1, -0.05) is 12.0 Å². The minimum Gasteiger partial charge on any atom is -0.130 e. The van der Waals surface area contributed by atoms with E-state index in [1.165, 1.54) is 4.90 Å². The zero-order valence-electron chi connectivity index (χ0n) is 5.79. The lowest BCUT2D eigenvalue weighted by Gasteiger charge is -1.94. The molecule has 50 valence electrons. The Morgan fingerprint density at radius 2 is 2.30 bits per heavy atom. The van der Waals surface area contributed by atoms with E-state index >= 15 is 0 Å². The van der Waals surface area contributed by atoms with Crippen molar-refractivity contribution in [3.05, 3.63) is 29.8 Å². The van der Waals surface area contributed by atoms with Gasteiger partial charge in [0.1, 0.15) is 0 Å². The van der Waals surface area contributed by atoms with Crippen molar-refractivity contribution in [2.24, 2.45) is 0 Å². The van der Waals surface area contributed by atoms with Crippen LogP contribution in [0.15, 0.2) is 29.2 Å². The van der Waals surface area contributed by atoms with Crippen molar-refractivity contribution in [1.82, 2.24) is 0 Å². The lowest BCUT2D eigenvalue weighted by molar-refractivity contribution is 1.44. The zero-order chi connectivity index (χ0) is 7.40. The average molecular weight is 148 g/mol. The molecule has 0 aliphatic carbocycles. The van der Waals surface area contributed by atoms with E-state index in [-0.39, 0.29) is 0 Å². The van der Waals surface area contributed by atoms with Crippen LogP contribution in [-0.4, -0.2) is 6.26 Å². The highest BCUT2D eigenvalue weighted by Crippen LogP contribution is 2.14. The highest BCUT2D eigenvalue weighted by molar-refractivity contribution is 7.98. The molecule has 0 aliphatic heterocycles. The van der Waals surface area contributed by atoms with E-state index < -0.39 is 0 Å². The Balaban J connectivity index is 3.01. The second-order valence-electron chi connectivity index (χ2n) is 1.88. The number of rotatable bonds is 1. The van der Waals surface area contributed by atoms with Crippen LogP contribution in [0.1, 0.15) is 5.56 Å². The third kappa shape index (κ3) is 1.55. The Kier molecular flexibility index (Phi) is 2.42. The molecule has 1 aromatic rings. The van der Waals surface area contributed by atoms with Gasteiger partial charge < -0.3 is 0 Å². The molecule has 0 atom stereocenters. The van der Waals surface area contributed by atoms with Crippen LogP contribution in [-0.2, 0) is 0 Å². The fraction of sp³-hybridized carbons (Fsp3) is 0.111. The molecule has 0 aromatic heterocycles. The number of hydrogen-bond acceptors (Lipinski definition) is 1. The van der Waals surface area contributed by atoms with Crippen molar-refractivity contribution in [3.63, 3.8) is 0 Å². The molecule has 0 aliphatic rings. The molecule has 0 radical (unpaired) electrons. The summed E-state index contributed by atoms with van der Waals surface area (Å²) in [5.74, 6) is 2.59. The standard InChI is InChI=1S/C9H8S/c1-3-8-5-4-6-9(7-8)10-2/h1,4-7H,2H3. The summed E-state index contributed by atoms with van der Waals surface area (Å²) in [6.07, 6.45) is 7.25. The van der Waals surface area contributed by atoms with Gasteiger partial charge in [0.05, 0.1) is 0 Å². The number of terminal acetylenes is 1. The van der Waals surface area contributed by atoms with Crippen molar-refractivity contribution >= 4 is 11.8 Å². The predicted octanol–water partition coefficient (Wildman–Crippen LogP) is 2.39. The quantitative estimate of drug-likeness (QED) is 0.435. The maximum absolute atomic E-state index is 5.21. The smallest absolute Gasteiger partial charge is 0.0253 e. The van der Waals surface area contributed by atoms with E-state index in [9.17, 15) is 0 Å². The highest BCUT2D eigenvalue weighted by atomic mass is 32.2. The molecule has 10 heavy (non-hydrogen) atoms. The Morgan fingerprint density at radius 1 is 1.50 bits per heavy atom. The van der Waals surface area contributed by atoms with E-state index in [2.05, 4.69) is 5.92 Å². The molecule has 0 spiro atoms. The molecular formula is C9H8S. The summed E-state index contributed by atoms with van der Waals surface area (Å²) in [6.45, 7) is 0. The number of hydrogen-bond donors (Lipinski definition) is 0. The highest BCUT2D eigenvalue weighted by Gasteiger charge is 1.88. The second kappa shape index (κ2) is 3.34. The SMILES string of the molecule is C#Cc1cccc(SC)c1.